The number of carbonyl (C=O) groups excluding carboxylic acids is 2. The maximum atomic E-state index is 12.7. The van der Waals surface area contributed by atoms with E-state index in [2.05, 4.69) is 15.3 Å². The van der Waals surface area contributed by atoms with Crippen LogP contribution in [-0.4, -0.2) is 70.4 Å². The van der Waals surface area contributed by atoms with Crippen molar-refractivity contribution in [3.8, 4) is 11.3 Å². The van der Waals surface area contributed by atoms with Gasteiger partial charge in [-0.15, -0.1) is 0 Å². The molecule has 2 N–H and O–H groups in total. The molecule has 2 atom stereocenters. The quantitative estimate of drug-likeness (QED) is 0.671. The Morgan fingerprint density at radius 2 is 2.09 bits per heavy atom. The summed E-state index contributed by atoms with van der Waals surface area (Å²) in [6.07, 6.45) is 0.509. The third-order valence-corrected chi connectivity index (χ3v) is 5.03. The van der Waals surface area contributed by atoms with Crippen LogP contribution >= 0.6 is 11.6 Å². The Kier molecular flexibility index (Phi) is 7.33. The van der Waals surface area contributed by atoms with Gasteiger partial charge in [0.2, 0.25) is 0 Å². The summed E-state index contributed by atoms with van der Waals surface area (Å²) in [6.45, 7) is 5.44. The predicted molar refractivity (Wildman–Crippen MR) is 118 cm³/mol. The number of aliphatic hydroxyl groups excluding tert-OH is 1. The van der Waals surface area contributed by atoms with Gasteiger partial charge in [0.1, 0.15) is 22.6 Å². The average Bonchev–Trinajstić information content (AvgIpc) is 2.76. The fourth-order valence-electron chi connectivity index (χ4n) is 3.29. The zero-order valence-corrected chi connectivity index (χ0v) is 19.2. The van der Waals surface area contributed by atoms with Gasteiger partial charge in [0, 0.05) is 18.8 Å². The topological polar surface area (TPSA) is 114 Å². The molecule has 0 saturated carbocycles. The fraction of sp³-hybridized carbons (Fsp3) is 0.455. The largest absolute Gasteiger partial charge is 0.444 e. The van der Waals surface area contributed by atoms with Crippen molar-refractivity contribution in [3.63, 3.8) is 0 Å². The number of ether oxygens (including phenoxy) is 2. The number of rotatable bonds is 4. The Labute approximate surface area is 191 Å². The summed E-state index contributed by atoms with van der Waals surface area (Å²) in [4.78, 5) is 34.5. The molecule has 10 heteroatoms. The molecule has 1 fully saturated rings. The first-order valence-corrected chi connectivity index (χ1v) is 10.6. The number of nitrogens with zero attached hydrogens (tertiary/aromatic N) is 3. The minimum atomic E-state index is -0.665. The number of carbonyl (C=O) groups is 2. The first-order valence-electron chi connectivity index (χ1n) is 10.2. The van der Waals surface area contributed by atoms with E-state index in [0.717, 1.165) is 0 Å². The van der Waals surface area contributed by atoms with Crippen LogP contribution in [0.3, 0.4) is 0 Å². The smallest absolute Gasteiger partial charge is 0.410 e. The van der Waals surface area contributed by atoms with Crippen molar-refractivity contribution in [2.75, 3.05) is 26.8 Å². The second-order valence-corrected chi connectivity index (χ2v) is 8.80. The highest BCUT2D eigenvalue weighted by atomic mass is 35.5. The Morgan fingerprint density at radius 1 is 1.34 bits per heavy atom. The average molecular weight is 463 g/mol. The summed E-state index contributed by atoms with van der Waals surface area (Å²) >= 11 is 6.28. The number of amides is 2. The van der Waals surface area contributed by atoms with E-state index < -0.39 is 23.8 Å². The molecule has 1 saturated heterocycles. The first kappa shape index (κ1) is 23.9. The number of aliphatic hydroxyl groups is 1. The summed E-state index contributed by atoms with van der Waals surface area (Å²) in [6, 6.07) is 6.31. The summed E-state index contributed by atoms with van der Waals surface area (Å²) < 4.78 is 11.4. The van der Waals surface area contributed by atoms with Crippen molar-refractivity contribution < 1.29 is 24.2 Å². The van der Waals surface area contributed by atoms with Crippen LogP contribution in [-0.2, 0) is 9.47 Å². The molecule has 3 rings (SSSR count). The van der Waals surface area contributed by atoms with Crippen LogP contribution in [0.1, 0.15) is 42.9 Å². The molecular weight excluding hydrogens is 436 g/mol. The lowest BCUT2D eigenvalue weighted by atomic mass is 10.0. The maximum absolute atomic E-state index is 12.7. The molecule has 2 amide bonds. The third-order valence-electron chi connectivity index (χ3n) is 4.84. The van der Waals surface area contributed by atoms with Gasteiger partial charge in [0.15, 0.2) is 0 Å². The Bertz CT molecular complexity index is 995. The number of halogens is 1. The summed E-state index contributed by atoms with van der Waals surface area (Å²) in [5.41, 5.74) is 1.50. The third kappa shape index (κ3) is 5.73. The molecule has 0 spiro atoms. The lowest BCUT2D eigenvalue weighted by Crippen LogP contribution is -2.52. The van der Waals surface area contributed by atoms with E-state index >= 15 is 0 Å². The highest BCUT2D eigenvalue weighted by Gasteiger charge is 2.35. The van der Waals surface area contributed by atoms with E-state index in [4.69, 9.17) is 21.1 Å². The van der Waals surface area contributed by atoms with Crippen LogP contribution in [0.15, 0.2) is 30.5 Å². The van der Waals surface area contributed by atoms with Gasteiger partial charge < -0.3 is 19.9 Å². The number of morpholine rings is 1. The molecule has 1 aliphatic rings. The van der Waals surface area contributed by atoms with E-state index in [1.54, 1.807) is 45.0 Å². The molecule has 2 aromatic heterocycles. The van der Waals surface area contributed by atoms with Crippen LogP contribution in [0.5, 0.6) is 0 Å². The number of aromatic nitrogens is 2. The van der Waals surface area contributed by atoms with Gasteiger partial charge in [0.25, 0.3) is 5.91 Å². The van der Waals surface area contributed by atoms with Gasteiger partial charge in [-0.2, -0.15) is 0 Å². The minimum absolute atomic E-state index is 0.145. The summed E-state index contributed by atoms with van der Waals surface area (Å²) in [5, 5.41) is 12.5. The molecule has 1 aliphatic heterocycles. The SMILES string of the molecule is CNC(=O)c1cc(-c2cc(C3CN(C(=O)OC(C)(C)C)C(CO)CO3)cc(Cl)n2)ccn1. The maximum Gasteiger partial charge on any atom is 0.410 e. The van der Waals surface area contributed by atoms with Crippen molar-refractivity contribution in [1.82, 2.24) is 20.2 Å². The van der Waals surface area contributed by atoms with Crippen LogP contribution in [0.4, 0.5) is 4.79 Å². The van der Waals surface area contributed by atoms with Crippen LogP contribution < -0.4 is 5.32 Å². The van der Waals surface area contributed by atoms with Crippen LogP contribution in [0.2, 0.25) is 5.15 Å². The molecule has 0 aliphatic carbocycles. The highest BCUT2D eigenvalue weighted by molar-refractivity contribution is 6.29. The second kappa shape index (κ2) is 9.81. The van der Waals surface area contributed by atoms with Crippen molar-refractivity contribution in [2.24, 2.45) is 0 Å². The fourth-order valence-corrected chi connectivity index (χ4v) is 3.50. The molecule has 9 nitrogen and oxygen atoms in total. The molecule has 2 unspecified atom stereocenters. The molecule has 32 heavy (non-hydrogen) atoms. The second-order valence-electron chi connectivity index (χ2n) is 8.41. The zero-order chi connectivity index (χ0) is 23.5. The van der Waals surface area contributed by atoms with Crippen molar-refractivity contribution in [1.29, 1.82) is 0 Å². The van der Waals surface area contributed by atoms with Gasteiger partial charge in [-0.25, -0.2) is 9.78 Å². The predicted octanol–water partition coefficient (Wildman–Crippen LogP) is 2.83. The summed E-state index contributed by atoms with van der Waals surface area (Å²) in [7, 11) is 1.53. The Hall–Kier alpha value is -2.75. The highest BCUT2D eigenvalue weighted by Crippen LogP contribution is 2.30. The van der Waals surface area contributed by atoms with E-state index in [9.17, 15) is 14.7 Å². The zero-order valence-electron chi connectivity index (χ0n) is 18.5. The number of hydrogen-bond donors (Lipinski definition) is 2. The molecular formula is C22H27ClN4O5. The number of nitrogens with one attached hydrogen (secondary N) is 1. The summed E-state index contributed by atoms with van der Waals surface area (Å²) in [5.74, 6) is -0.312. The molecule has 172 valence electrons. The molecule has 2 aromatic rings. The van der Waals surface area contributed by atoms with E-state index in [0.29, 0.717) is 16.8 Å². The lowest BCUT2D eigenvalue weighted by Gasteiger charge is -2.39. The monoisotopic (exact) mass is 462 g/mol. The Morgan fingerprint density at radius 3 is 2.75 bits per heavy atom. The van der Waals surface area contributed by atoms with Gasteiger partial charge in [0.05, 0.1) is 31.5 Å². The van der Waals surface area contributed by atoms with E-state index in [-0.39, 0.29) is 36.5 Å². The van der Waals surface area contributed by atoms with Gasteiger partial charge >= 0.3 is 6.09 Å². The van der Waals surface area contributed by atoms with Crippen molar-refractivity contribution >= 4 is 23.6 Å². The first-order chi connectivity index (χ1) is 15.1. The van der Waals surface area contributed by atoms with Crippen LogP contribution in [0.25, 0.3) is 11.3 Å². The standard InChI is InChI=1S/C22H27ClN4O5/c1-22(2,3)32-21(30)27-10-18(31-12-15(27)11-28)14-8-16(26-19(23)9-14)13-5-6-25-17(7-13)20(29)24-4/h5-9,15,18,28H,10-12H2,1-4H3,(H,24,29). The van der Waals surface area contributed by atoms with E-state index in [1.165, 1.54) is 18.1 Å². The van der Waals surface area contributed by atoms with E-state index in [1.807, 2.05) is 0 Å². The van der Waals surface area contributed by atoms with Crippen molar-refractivity contribution in [3.05, 3.63) is 46.9 Å². The Balaban J connectivity index is 1.89. The van der Waals surface area contributed by atoms with Gasteiger partial charge in [-0.1, -0.05) is 11.6 Å². The number of hydrogen-bond acceptors (Lipinski definition) is 7. The van der Waals surface area contributed by atoms with Gasteiger partial charge in [-0.05, 0) is 50.6 Å². The van der Waals surface area contributed by atoms with Gasteiger partial charge in [-0.3, -0.25) is 14.7 Å². The number of pyridine rings is 2. The normalized spacial score (nSPS) is 18.9. The molecule has 3 heterocycles. The minimum Gasteiger partial charge on any atom is -0.444 e. The molecule has 0 radical (unpaired) electrons. The van der Waals surface area contributed by atoms with Crippen molar-refractivity contribution in [2.45, 2.75) is 38.5 Å². The molecule has 0 aromatic carbocycles. The van der Waals surface area contributed by atoms with Crippen LogP contribution in [0, 0.1) is 0 Å². The lowest BCUT2D eigenvalue weighted by molar-refractivity contribution is -0.0817. The molecule has 0 bridgehead atoms.